The molecule has 1 aliphatic carbocycles. The Balaban J connectivity index is 2.07. The van der Waals surface area contributed by atoms with Crippen LogP contribution in [0.1, 0.15) is 29.8 Å². The van der Waals surface area contributed by atoms with Crippen molar-refractivity contribution in [1.82, 2.24) is 4.57 Å². The van der Waals surface area contributed by atoms with Gasteiger partial charge in [-0.05, 0) is 49.9 Å². The molecular formula is C14H16N2O. The van der Waals surface area contributed by atoms with E-state index in [4.69, 9.17) is 5.73 Å². The number of aromatic nitrogens is 1. The summed E-state index contributed by atoms with van der Waals surface area (Å²) in [6.45, 7) is 1.97. The fraction of sp³-hybridized carbons (Fsp3) is 0.357. The van der Waals surface area contributed by atoms with E-state index >= 15 is 0 Å². The van der Waals surface area contributed by atoms with Gasteiger partial charge in [-0.15, -0.1) is 0 Å². The quantitative estimate of drug-likeness (QED) is 0.803. The van der Waals surface area contributed by atoms with Crippen LogP contribution in [0.4, 0.5) is 5.69 Å². The molecule has 3 rings (SSSR count). The van der Waals surface area contributed by atoms with Crippen molar-refractivity contribution in [2.24, 2.45) is 5.92 Å². The molecule has 88 valence electrons. The Morgan fingerprint density at radius 3 is 2.88 bits per heavy atom. The molecule has 3 heteroatoms. The first-order valence-electron chi connectivity index (χ1n) is 6.06. The highest BCUT2D eigenvalue weighted by atomic mass is 16.2. The SMILES string of the molecule is Cc1cc2cc(N)ccc2n1C(=O)CC1CC1. The van der Waals surface area contributed by atoms with Crippen molar-refractivity contribution in [2.75, 3.05) is 5.73 Å². The lowest BCUT2D eigenvalue weighted by molar-refractivity contribution is 0.0899. The van der Waals surface area contributed by atoms with Crippen LogP contribution >= 0.6 is 0 Å². The molecule has 0 aliphatic heterocycles. The summed E-state index contributed by atoms with van der Waals surface area (Å²) >= 11 is 0. The lowest BCUT2D eigenvalue weighted by Crippen LogP contribution is -2.12. The minimum Gasteiger partial charge on any atom is -0.399 e. The number of aryl methyl sites for hydroxylation is 1. The van der Waals surface area contributed by atoms with Crippen molar-refractivity contribution >= 4 is 22.5 Å². The van der Waals surface area contributed by atoms with Gasteiger partial charge in [-0.2, -0.15) is 0 Å². The Bertz CT molecular complexity index is 594. The van der Waals surface area contributed by atoms with Crippen LogP contribution < -0.4 is 5.73 Å². The largest absolute Gasteiger partial charge is 0.399 e. The van der Waals surface area contributed by atoms with Gasteiger partial charge in [0.1, 0.15) is 0 Å². The van der Waals surface area contributed by atoms with E-state index in [1.807, 2.05) is 35.8 Å². The molecule has 0 radical (unpaired) electrons. The second kappa shape index (κ2) is 3.62. The van der Waals surface area contributed by atoms with Crippen LogP contribution in [0.15, 0.2) is 24.3 Å². The highest BCUT2D eigenvalue weighted by Gasteiger charge is 2.26. The molecule has 2 aromatic rings. The number of nitrogen functional groups attached to an aromatic ring is 1. The maximum Gasteiger partial charge on any atom is 0.231 e. The summed E-state index contributed by atoms with van der Waals surface area (Å²) in [6, 6.07) is 7.73. The highest BCUT2D eigenvalue weighted by molar-refractivity contribution is 5.95. The third-order valence-electron chi connectivity index (χ3n) is 3.42. The zero-order valence-corrected chi connectivity index (χ0v) is 9.94. The fourth-order valence-electron chi connectivity index (χ4n) is 2.36. The maximum absolute atomic E-state index is 12.2. The smallest absolute Gasteiger partial charge is 0.231 e. The summed E-state index contributed by atoms with van der Waals surface area (Å²) in [5.74, 6) is 0.831. The van der Waals surface area contributed by atoms with Gasteiger partial charge in [-0.1, -0.05) is 0 Å². The molecule has 1 aromatic heterocycles. The number of anilines is 1. The standard InChI is InChI=1S/C14H16N2O/c1-9-6-11-8-12(15)4-5-13(11)16(9)14(17)7-10-2-3-10/h4-6,8,10H,2-3,7,15H2,1H3. The number of rotatable bonds is 2. The second-order valence-electron chi connectivity index (χ2n) is 4.98. The van der Waals surface area contributed by atoms with Gasteiger partial charge >= 0.3 is 0 Å². The van der Waals surface area contributed by atoms with E-state index in [2.05, 4.69) is 0 Å². The summed E-state index contributed by atoms with van der Waals surface area (Å²) in [5.41, 5.74) is 8.47. The van der Waals surface area contributed by atoms with Gasteiger partial charge in [0, 0.05) is 23.2 Å². The molecule has 1 aromatic carbocycles. The fourth-order valence-corrected chi connectivity index (χ4v) is 2.36. The average Bonchev–Trinajstić information content (AvgIpc) is 2.99. The van der Waals surface area contributed by atoms with E-state index in [1.165, 1.54) is 12.8 Å². The summed E-state index contributed by atoms with van der Waals surface area (Å²) in [7, 11) is 0. The first-order chi connectivity index (χ1) is 8.15. The van der Waals surface area contributed by atoms with E-state index in [9.17, 15) is 4.79 Å². The van der Waals surface area contributed by atoms with Crippen LogP contribution in [0.2, 0.25) is 0 Å². The summed E-state index contributed by atoms with van der Waals surface area (Å²) < 4.78 is 1.83. The predicted molar refractivity (Wildman–Crippen MR) is 69.1 cm³/mol. The molecule has 0 saturated heterocycles. The van der Waals surface area contributed by atoms with Crippen LogP contribution in [0.5, 0.6) is 0 Å². The zero-order valence-electron chi connectivity index (χ0n) is 9.94. The monoisotopic (exact) mass is 228 g/mol. The minimum absolute atomic E-state index is 0.213. The lowest BCUT2D eigenvalue weighted by Gasteiger charge is -2.06. The molecule has 17 heavy (non-hydrogen) atoms. The molecule has 1 aliphatic rings. The average molecular weight is 228 g/mol. The van der Waals surface area contributed by atoms with E-state index in [-0.39, 0.29) is 5.91 Å². The van der Waals surface area contributed by atoms with E-state index in [1.54, 1.807) is 0 Å². The van der Waals surface area contributed by atoms with Crippen molar-refractivity contribution in [2.45, 2.75) is 26.2 Å². The van der Waals surface area contributed by atoms with Crippen LogP contribution in [-0.2, 0) is 0 Å². The zero-order chi connectivity index (χ0) is 12.0. The number of hydrogen-bond acceptors (Lipinski definition) is 2. The summed E-state index contributed by atoms with van der Waals surface area (Å²) in [6.07, 6.45) is 3.09. The van der Waals surface area contributed by atoms with Crippen LogP contribution in [0.25, 0.3) is 10.9 Å². The molecule has 3 nitrogen and oxygen atoms in total. The molecule has 0 spiro atoms. The number of carbonyl (C=O) groups excluding carboxylic acids is 1. The van der Waals surface area contributed by atoms with Crippen molar-refractivity contribution < 1.29 is 4.79 Å². The lowest BCUT2D eigenvalue weighted by atomic mass is 10.2. The van der Waals surface area contributed by atoms with Gasteiger partial charge in [-0.3, -0.25) is 9.36 Å². The Labute approximate surface area is 100 Å². The molecule has 0 bridgehead atoms. The third kappa shape index (κ3) is 1.82. The molecule has 1 fully saturated rings. The Morgan fingerprint density at radius 1 is 1.41 bits per heavy atom. The number of nitrogens with two attached hydrogens (primary N) is 1. The number of hydrogen-bond donors (Lipinski definition) is 1. The first-order valence-corrected chi connectivity index (χ1v) is 6.06. The van der Waals surface area contributed by atoms with Crippen molar-refractivity contribution in [1.29, 1.82) is 0 Å². The molecule has 1 heterocycles. The van der Waals surface area contributed by atoms with Crippen LogP contribution in [0.3, 0.4) is 0 Å². The molecule has 0 unspecified atom stereocenters. The van der Waals surface area contributed by atoms with Gasteiger partial charge in [0.15, 0.2) is 0 Å². The Morgan fingerprint density at radius 2 is 2.18 bits per heavy atom. The van der Waals surface area contributed by atoms with Crippen LogP contribution in [0, 0.1) is 12.8 Å². The molecular weight excluding hydrogens is 212 g/mol. The number of nitrogens with zero attached hydrogens (tertiary/aromatic N) is 1. The second-order valence-corrected chi connectivity index (χ2v) is 4.98. The van der Waals surface area contributed by atoms with Gasteiger partial charge in [0.25, 0.3) is 0 Å². The van der Waals surface area contributed by atoms with Gasteiger partial charge in [0.2, 0.25) is 5.91 Å². The minimum atomic E-state index is 0.213. The first kappa shape index (κ1) is 10.4. The van der Waals surface area contributed by atoms with E-state index < -0.39 is 0 Å². The van der Waals surface area contributed by atoms with Crippen molar-refractivity contribution in [3.05, 3.63) is 30.0 Å². The van der Waals surface area contributed by atoms with Crippen molar-refractivity contribution in [3.63, 3.8) is 0 Å². The predicted octanol–water partition coefficient (Wildman–Crippen LogP) is 2.97. The Kier molecular flexibility index (Phi) is 2.21. The summed E-state index contributed by atoms with van der Waals surface area (Å²) in [4.78, 5) is 12.2. The third-order valence-corrected chi connectivity index (χ3v) is 3.42. The van der Waals surface area contributed by atoms with Gasteiger partial charge in [-0.25, -0.2) is 0 Å². The van der Waals surface area contributed by atoms with Gasteiger partial charge < -0.3 is 5.73 Å². The highest BCUT2D eigenvalue weighted by Crippen LogP contribution is 2.33. The molecule has 0 atom stereocenters. The number of benzene rings is 1. The van der Waals surface area contributed by atoms with Crippen molar-refractivity contribution in [3.8, 4) is 0 Å². The Hall–Kier alpha value is -1.77. The molecule has 0 amide bonds. The normalized spacial score (nSPS) is 15.4. The van der Waals surface area contributed by atoms with E-state index in [0.29, 0.717) is 12.3 Å². The molecule has 1 saturated carbocycles. The maximum atomic E-state index is 12.2. The number of fused-ring (bicyclic) bond motifs is 1. The van der Waals surface area contributed by atoms with Gasteiger partial charge in [0.05, 0.1) is 5.52 Å². The van der Waals surface area contributed by atoms with Crippen LogP contribution in [-0.4, -0.2) is 10.5 Å². The summed E-state index contributed by atoms with van der Waals surface area (Å²) in [5, 5.41) is 1.05. The molecule has 2 N–H and O–H groups in total. The topological polar surface area (TPSA) is 48.0 Å². The number of carbonyl (C=O) groups is 1. The van der Waals surface area contributed by atoms with E-state index in [0.717, 1.165) is 22.3 Å².